The summed E-state index contributed by atoms with van der Waals surface area (Å²) < 4.78 is 6.19. The smallest absolute Gasteiger partial charge is 0.372 e. The molecule has 1 amide bonds. The van der Waals surface area contributed by atoms with Gasteiger partial charge in [-0.1, -0.05) is 0 Å². The van der Waals surface area contributed by atoms with Crippen molar-refractivity contribution < 1.29 is 19.1 Å². The van der Waals surface area contributed by atoms with Gasteiger partial charge in [0.1, 0.15) is 0 Å². The first kappa shape index (κ1) is 10.9. The van der Waals surface area contributed by atoms with E-state index in [-0.39, 0.29) is 17.4 Å². The molecule has 2 rings (SSSR count). The largest absolute Gasteiger partial charge is 0.475 e. The van der Waals surface area contributed by atoms with Crippen LogP contribution in [0.1, 0.15) is 21.2 Å². The third-order valence-electron chi connectivity index (χ3n) is 2.05. The topological polar surface area (TPSA) is 97.4 Å². The molecule has 0 aliphatic heterocycles. The van der Waals surface area contributed by atoms with Crippen LogP contribution in [0.15, 0.2) is 29.0 Å². The molecule has 2 aromatic rings. The second-order valence-electron chi connectivity index (χ2n) is 3.30. The molecule has 7 nitrogen and oxygen atoms in total. The second kappa shape index (κ2) is 4.12. The third-order valence-corrected chi connectivity index (χ3v) is 2.05. The van der Waals surface area contributed by atoms with Crippen LogP contribution in [0.5, 0.6) is 0 Å². The fraction of sp³-hybridized carbons (Fsp3) is 0.100. The highest BCUT2D eigenvalue weighted by molar-refractivity contribution is 6.01. The summed E-state index contributed by atoms with van der Waals surface area (Å²) in [6.07, 6.45) is 2.78. The molecule has 88 valence electrons. The third kappa shape index (κ3) is 2.17. The fourth-order valence-corrected chi connectivity index (χ4v) is 1.31. The average molecular weight is 235 g/mol. The summed E-state index contributed by atoms with van der Waals surface area (Å²) in [4.78, 5) is 26.0. The summed E-state index contributed by atoms with van der Waals surface area (Å²) in [5.74, 6) is -1.50. The lowest BCUT2D eigenvalue weighted by Crippen LogP contribution is -2.11. The summed E-state index contributed by atoms with van der Waals surface area (Å²) in [6, 6.07) is 3.08. The van der Waals surface area contributed by atoms with Crippen molar-refractivity contribution in [1.82, 2.24) is 9.55 Å². The number of nitrogens with one attached hydrogen (secondary N) is 1. The molecule has 2 heterocycles. The maximum Gasteiger partial charge on any atom is 0.372 e. The Hall–Kier alpha value is -2.57. The van der Waals surface area contributed by atoms with Crippen molar-refractivity contribution in [2.24, 2.45) is 7.05 Å². The molecule has 7 heteroatoms. The van der Waals surface area contributed by atoms with E-state index < -0.39 is 11.9 Å². The number of carbonyl (C=O) groups is 2. The fourth-order valence-electron chi connectivity index (χ4n) is 1.31. The zero-order valence-electron chi connectivity index (χ0n) is 8.88. The predicted molar refractivity (Wildman–Crippen MR) is 56.8 cm³/mol. The van der Waals surface area contributed by atoms with Gasteiger partial charge in [-0.15, -0.1) is 0 Å². The Balaban J connectivity index is 2.17. The Labute approximate surface area is 95.7 Å². The van der Waals surface area contributed by atoms with Crippen molar-refractivity contribution >= 4 is 17.7 Å². The van der Waals surface area contributed by atoms with Crippen molar-refractivity contribution in [3.05, 3.63) is 36.2 Å². The maximum absolute atomic E-state index is 11.6. The molecule has 0 spiro atoms. The lowest BCUT2D eigenvalue weighted by Gasteiger charge is -1.96. The van der Waals surface area contributed by atoms with Gasteiger partial charge in [0, 0.05) is 13.2 Å². The second-order valence-corrected chi connectivity index (χ2v) is 3.30. The minimum absolute atomic E-state index is 0.132. The number of hydrogen-bond donors (Lipinski definition) is 2. The quantitative estimate of drug-likeness (QED) is 0.825. The van der Waals surface area contributed by atoms with Crippen LogP contribution in [0.4, 0.5) is 5.82 Å². The van der Waals surface area contributed by atoms with Crippen LogP contribution in [0.2, 0.25) is 0 Å². The van der Waals surface area contributed by atoms with Gasteiger partial charge in [-0.2, -0.15) is 0 Å². The number of hydrogen-bond acceptors (Lipinski definition) is 4. The van der Waals surface area contributed by atoms with Crippen LogP contribution in [-0.2, 0) is 7.05 Å². The van der Waals surface area contributed by atoms with E-state index in [0.717, 1.165) is 0 Å². The maximum atomic E-state index is 11.6. The first-order chi connectivity index (χ1) is 8.08. The molecular weight excluding hydrogens is 226 g/mol. The van der Waals surface area contributed by atoms with Gasteiger partial charge >= 0.3 is 5.97 Å². The molecule has 17 heavy (non-hydrogen) atoms. The molecule has 0 saturated heterocycles. The van der Waals surface area contributed by atoms with Gasteiger partial charge in [-0.25, -0.2) is 9.78 Å². The van der Waals surface area contributed by atoms with Crippen LogP contribution in [0.3, 0.4) is 0 Å². The number of aromatic nitrogens is 2. The first-order valence-electron chi connectivity index (χ1n) is 4.69. The number of carbonyl (C=O) groups excluding carboxylic acids is 1. The number of furan rings is 1. The molecule has 0 aliphatic rings. The van der Waals surface area contributed by atoms with Gasteiger partial charge in [-0.3, -0.25) is 4.79 Å². The van der Waals surface area contributed by atoms with E-state index in [1.165, 1.54) is 30.1 Å². The minimum atomic E-state index is -1.16. The molecule has 0 aliphatic carbocycles. The predicted octanol–water partition coefficient (Wildman–Crippen LogP) is 0.964. The number of anilines is 1. The zero-order valence-corrected chi connectivity index (χ0v) is 8.88. The molecule has 0 aromatic carbocycles. The molecule has 0 fully saturated rings. The Bertz CT molecular complexity index is 556. The van der Waals surface area contributed by atoms with E-state index in [1.807, 2.05) is 0 Å². The van der Waals surface area contributed by atoms with E-state index in [4.69, 9.17) is 9.52 Å². The van der Waals surface area contributed by atoms with Gasteiger partial charge in [0.2, 0.25) is 5.82 Å². The number of amides is 1. The number of carboxylic acid groups (broad SMARTS) is 1. The average Bonchev–Trinajstić information content (AvgIpc) is 2.86. The summed E-state index contributed by atoms with van der Waals surface area (Å²) in [5.41, 5.74) is 0. The van der Waals surface area contributed by atoms with E-state index in [0.29, 0.717) is 0 Å². The van der Waals surface area contributed by atoms with Crippen molar-refractivity contribution in [1.29, 1.82) is 0 Å². The van der Waals surface area contributed by atoms with Crippen LogP contribution < -0.4 is 5.32 Å². The normalized spacial score (nSPS) is 10.2. The minimum Gasteiger partial charge on any atom is -0.475 e. The van der Waals surface area contributed by atoms with Gasteiger partial charge < -0.3 is 19.4 Å². The molecule has 2 N–H and O–H groups in total. The number of aryl methyl sites for hydroxylation is 1. The molecule has 0 unspecified atom stereocenters. The zero-order chi connectivity index (χ0) is 12.4. The van der Waals surface area contributed by atoms with E-state index in [1.54, 1.807) is 6.07 Å². The summed E-state index contributed by atoms with van der Waals surface area (Å²) in [6.45, 7) is 0. The number of rotatable bonds is 3. The van der Waals surface area contributed by atoms with Gasteiger partial charge in [-0.05, 0) is 12.1 Å². The van der Waals surface area contributed by atoms with E-state index in [2.05, 4.69) is 10.3 Å². The lowest BCUT2D eigenvalue weighted by molar-refractivity contribution is 0.0679. The number of imidazole rings is 1. The molecule has 0 atom stereocenters. The monoisotopic (exact) mass is 235 g/mol. The summed E-state index contributed by atoms with van der Waals surface area (Å²) in [5, 5.41) is 11.2. The lowest BCUT2D eigenvalue weighted by atomic mass is 10.4. The van der Waals surface area contributed by atoms with Gasteiger partial charge in [0.05, 0.1) is 6.26 Å². The molecule has 0 bridgehead atoms. The molecule has 0 saturated carbocycles. The van der Waals surface area contributed by atoms with Crippen molar-refractivity contribution in [2.45, 2.75) is 0 Å². The van der Waals surface area contributed by atoms with Gasteiger partial charge in [0.25, 0.3) is 5.91 Å². The van der Waals surface area contributed by atoms with Crippen LogP contribution in [0.25, 0.3) is 0 Å². The van der Waals surface area contributed by atoms with Crippen LogP contribution >= 0.6 is 0 Å². The van der Waals surface area contributed by atoms with Crippen molar-refractivity contribution in [3.63, 3.8) is 0 Å². The van der Waals surface area contributed by atoms with Gasteiger partial charge in [0.15, 0.2) is 11.6 Å². The Morgan fingerprint density at radius 1 is 1.53 bits per heavy atom. The van der Waals surface area contributed by atoms with E-state index >= 15 is 0 Å². The number of nitrogens with zero attached hydrogens (tertiary/aromatic N) is 2. The van der Waals surface area contributed by atoms with Crippen LogP contribution in [0, 0.1) is 0 Å². The Kier molecular flexibility index (Phi) is 2.65. The molecule has 0 radical (unpaired) electrons. The molecule has 2 aromatic heterocycles. The van der Waals surface area contributed by atoms with Crippen molar-refractivity contribution in [2.75, 3.05) is 5.32 Å². The summed E-state index contributed by atoms with van der Waals surface area (Å²) in [7, 11) is 1.53. The highest BCUT2D eigenvalue weighted by atomic mass is 16.4. The van der Waals surface area contributed by atoms with Crippen molar-refractivity contribution in [3.8, 4) is 0 Å². The first-order valence-corrected chi connectivity index (χ1v) is 4.69. The SMILES string of the molecule is Cn1cc(NC(=O)c2ccco2)nc1C(=O)O. The molecular formula is C10H9N3O4. The highest BCUT2D eigenvalue weighted by Crippen LogP contribution is 2.09. The van der Waals surface area contributed by atoms with E-state index in [9.17, 15) is 9.59 Å². The standard InChI is InChI=1S/C10H9N3O4/c1-13-5-7(11-8(13)10(15)16)12-9(14)6-3-2-4-17-6/h2-5H,1H3,(H,12,14)(H,15,16). The summed E-state index contributed by atoms with van der Waals surface area (Å²) >= 11 is 0. The number of aromatic carboxylic acids is 1. The Morgan fingerprint density at radius 2 is 2.29 bits per heavy atom. The van der Waals surface area contributed by atoms with Crippen LogP contribution in [-0.4, -0.2) is 26.5 Å². The number of carboxylic acids is 1. The Morgan fingerprint density at radius 3 is 2.82 bits per heavy atom. The highest BCUT2D eigenvalue weighted by Gasteiger charge is 2.15.